The van der Waals surface area contributed by atoms with E-state index in [2.05, 4.69) is 102 Å². The fraction of sp³-hybridized carbons (Fsp3) is 0. The first kappa shape index (κ1) is 27.4. The van der Waals surface area contributed by atoms with Gasteiger partial charge in [-0.05, 0) is 106 Å². The van der Waals surface area contributed by atoms with Crippen molar-refractivity contribution in [1.29, 1.82) is 10.5 Å². The molecule has 2 aromatic heterocycles. The highest BCUT2D eigenvalue weighted by molar-refractivity contribution is 6.10. The standard InChI is InChI=1S/C44H25N3O/c45-26-28-8-7-9-31(20-28)35-10-1-2-11-36(35)33-22-32(30-17-19-44-40(25-30)38-13-4-6-15-43(38)48-44)23-34(24-33)47-41-14-5-3-12-37(41)39-21-29(27-46)16-18-42(39)47/h1-25H. The Bertz CT molecular complexity index is 2820. The van der Waals surface area contributed by atoms with Crippen LogP contribution in [0, 0.1) is 22.7 Å². The average molecular weight is 612 g/mol. The van der Waals surface area contributed by atoms with Gasteiger partial charge in [0.2, 0.25) is 0 Å². The third-order valence-corrected chi connectivity index (χ3v) is 9.23. The number of fused-ring (bicyclic) bond motifs is 6. The molecule has 48 heavy (non-hydrogen) atoms. The lowest BCUT2D eigenvalue weighted by Gasteiger charge is -2.16. The Morgan fingerprint density at radius 2 is 1.10 bits per heavy atom. The summed E-state index contributed by atoms with van der Waals surface area (Å²) in [5, 5.41) is 23.7. The molecule has 0 atom stereocenters. The lowest BCUT2D eigenvalue weighted by molar-refractivity contribution is 0.669. The Balaban J connectivity index is 1.34. The number of benzene rings is 7. The quantitative estimate of drug-likeness (QED) is 0.199. The van der Waals surface area contributed by atoms with E-state index in [1.54, 1.807) is 0 Å². The summed E-state index contributed by atoms with van der Waals surface area (Å²) in [4.78, 5) is 0. The number of hydrogen-bond donors (Lipinski definition) is 0. The molecule has 0 amide bonds. The van der Waals surface area contributed by atoms with Gasteiger partial charge in [-0.25, -0.2) is 0 Å². The number of rotatable bonds is 4. The minimum atomic E-state index is 0.624. The molecule has 0 aliphatic rings. The molecule has 0 radical (unpaired) electrons. The summed E-state index contributed by atoms with van der Waals surface area (Å²) in [5.74, 6) is 0. The zero-order chi connectivity index (χ0) is 32.2. The molecule has 0 spiro atoms. The topological polar surface area (TPSA) is 65.7 Å². The van der Waals surface area contributed by atoms with Crippen molar-refractivity contribution in [2.75, 3.05) is 0 Å². The maximum absolute atomic E-state index is 9.72. The molecule has 0 aliphatic carbocycles. The highest BCUT2D eigenvalue weighted by Gasteiger charge is 2.17. The normalized spacial score (nSPS) is 11.3. The zero-order valence-corrected chi connectivity index (χ0v) is 25.7. The molecule has 9 aromatic rings. The largest absolute Gasteiger partial charge is 0.456 e. The number of aromatic nitrogens is 1. The maximum Gasteiger partial charge on any atom is 0.135 e. The minimum absolute atomic E-state index is 0.624. The van der Waals surface area contributed by atoms with Gasteiger partial charge >= 0.3 is 0 Å². The molecule has 0 saturated carbocycles. The second kappa shape index (κ2) is 10.9. The number of nitrogens with zero attached hydrogens (tertiary/aromatic N) is 3. The van der Waals surface area contributed by atoms with E-state index < -0.39 is 0 Å². The van der Waals surface area contributed by atoms with Crippen LogP contribution < -0.4 is 0 Å². The van der Waals surface area contributed by atoms with Crippen molar-refractivity contribution in [3.63, 3.8) is 0 Å². The van der Waals surface area contributed by atoms with Gasteiger partial charge in [0.05, 0.1) is 34.3 Å². The Morgan fingerprint density at radius 1 is 0.417 bits per heavy atom. The minimum Gasteiger partial charge on any atom is -0.456 e. The van der Waals surface area contributed by atoms with Crippen molar-refractivity contribution in [2.45, 2.75) is 0 Å². The van der Waals surface area contributed by atoms with Gasteiger partial charge in [0.25, 0.3) is 0 Å². The number of para-hydroxylation sites is 2. The van der Waals surface area contributed by atoms with Crippen LogP contribution in [0.4, 0.5) is 0 Å². The van der Waals surface area contributed by atoms with Crippen LogP contribution in [0.2, 0.25) is 0 Å². The predicted octanol–water partition coefficient (Wildman–Crippen LogP) is 11.4. The van der Waals surface area contributed by atoms with Crippen molar-refractivity contribution in [1.82, 2.24) is 4.57 Å². The van der Waals surface area contributed by atoms with Gasteiger partial charge in [0, 0.05) is 27.2 Å². The summed E-state index contributed by atoms with van der Waals surface area (Å²) in [6.07, 6.45) is 0. The van der Waals surface area contributed by atoms with Crippen LogP contribution in [-0.2, 0) is 0 Å². The molecule has 222 valence electrons. The van der Waals surface area contributed by atoms with Crippen LogP contribution in [-0.4, -0.2) is 4.57 Å². The summed E-state index contributed by atoms with van der Waals surface area (Å²) in [6, 6.07) is 56.3. The van der Waals surface area contributed by atoms with Crippen LogP contribution in [0.15, 0.2) is 156 Å². The van der Waals surface area contributed by atoms with E-state index in [4.69, 9.17) is 4.42 Å². The lowest BCUT2D eigenvalue weighted by Crippen LogP contribution is -1.96. The van der Waals surface area contributed by atoms with Crippen molar-refractivity contribution < 1.29 is 4.42 Å². The second-order valence-electron chi connectivity index (χ2n) is 12.0. The van der Waals surface area contributed by atoms with E-state index in [1.165, 1.54) is 0 Å². The summed E-state index contributed by atoms with van der Waals surface area (Å²) < 4.78 is 8.46. The zero-order valence-electron chi connectivity index (χ0n) is 25.7. The van der Waals surface area contributed by atoms with Crippen LogP contribution >= 0.6 is 0 Å². The van der Waals surface area contributed by atoms with Gasteiger partial charge in [-0.15, -0.1) is 0 Å². The van der Waals surface area contributed by atoms with Crippen molar-refractivity contribution >= 4 is 43.7 Å². The number of furan rings is 1. The molecule has 0 unspecified atom stereocenters. The van der Waals surface area contributed by atoms with E-state index >= 15 is 0 Å². The van der Waals surface area contributed by atoms with Crippen LogP contribution in [0.5, 0.6) is 0 Å². The Labute approximate surface area is 276 Å². The second-order valence-corrected chi connectivity index (χ2v) is 12.0. The van der Waals surface area contributed by atoms with Crippen molar-refractivity contribution in [3.05, 3.63) is 163 Å². The van der Waals surface area contributed by atoms with E-state index in [9.17, 15) is 10.5 Å². The van der Waals surface area contributed by atoms with Crippen molar-refractivity contribution in [2.24, 2.45) is 0 Å². The number of hydrogen-bond acceptors (Lipinski definition) is 3. The Kier molecular flexibility index (Phi) is 6.22. The van der Waals surface area contributed by atoms with Crippen molar-refractivity contribution in [3.8, 4) is 51.2 Å². The van der Waals surface area contributed by atoms with Crippen LogP contribution in [0.1, 0.15) is 11.1 Å². The van der Waals surface area contributed by atoms with E-state index in [-0.39, 0.29) is 0 Å². The van der Waals surface area contributed by atoms with Crippen LogP contribution in [0.25, 0.3) is 82.8 Å². The third-order valence-electron chi connectivity index (χ3n) is 9.23. The first-order valence-corrected chi connectivity index (χ1v) is 15.8. The maximum atomic E-state index is 9.72. The summed E-state index contributed by atoms with van der Waals surface area (Å²) in [7, 11) is 0. The lowest BCUT2D eigenvalue weighted by atomic mass is 9.91. The van der Waals surface area contributed by atoms with Crippen LogP contribution in [0.3, 0.4) is 0 Å². The van der Waals surface area contributed by atoms with Gasteiger partial charge in [0.1, 0.15) is 11.2 Å². The molecule has 0 fully saturated rings. The Hall–Kier alpha value is -6.88. The Morgan fingerprint density at radius 3 is 1.96 bits per heavy atom. The highest BCUT2D eigenvalue weighted by atomic mass is 16.3. The molecule has 4 nitrogen and oxygen atoms in total. The molecule has 7 aromatic carbocycles. The SMILES string of the molecule is N#Cc1cccc(-c2ccccc2-c2cc(-c3ccc4oc5ccccc5c4c3)cc(-n3c4ccccc4c4cc(C#N)ccc43)c2)c1. The fourth-order valence-corrected chi connectivity index (χ4v) is 7.03. The summed E-state index contributed by atoms with van der Waals surface area (Å²) >= 11 is 0. The first-order chi connectivity index (χ1) is 23.7. The summed E-state index contributed by atoms with van der Waals surface area (Å²) in [5.41, 5.74) is 12.4. The molecular weight excluding hydrogens is 587 g/mol. The van der Waals surface area contributed by atoms with Gasteiger partial charge < -0.3 is 8.98 Å². The van der Waals surface area contributed by atoms with Gasteiger partial charge in [-0.1, -0.05) is 78.9 Å². The fourth-order valence-electron chi connectivity index (χ4n) is 7.03. The molecule has 9 rings (SSSR count). The average Bonchev–Trinajstić information content (AvgIpc) is 3.69. The smallest absolute Gasteiger partial charge is 0.135 e. The van der Waals surface area contributed by atoms with Gasteiger partial charge in [-0.2, -0.15) is 10.5 Å². The number of nitriles is 2. The monoisotopic (exact) mass is 611 g/mol. The molecule has 4 heteroatoms. The molecule has 0 N–H and O–H groups in total. The third kappa shape index (κ3) is 4.36. The van der Waals surface area contributed by atoms with E-state index in [0.29, 0.717) is 11.1 Å². The van der Waals surface area contributed by atoms with Gasteiger partial charge in [0.15, 0.2) is 0 Å². The highest BCUT2D eigenvalue weighted by Crippen LogP contribution is 2.40. The molecule has 0 aliphatic heterocycles. The predicted molar refractivity (Wildman–Crippen MR) is 194 cm³/mol. The molecule has 0 bridgehead atoms. The van der Waals surface area contributed by atoms with Gasteiger partial charge in [-0.3, -0.25) is 0 Å². The molecular formula is C44H25N3O. The van der Waals surface area contributed by atoms with E-state index in [1.807, 2.05) is 66.7 Å². The molecule has 2 heterocycles. The molecule has 0 saturated heterocycles. The first-order valence-electron chi connectivity index (χ1n) is 15.8. The summed E-state index contributed by atoms with van der Waals surface area (Å²) in [6.45, 7) is 0. The van der Waals surface area contributed by atoms with E-state index in [0.717, 1.165) is 82.8 Å².